The molecule has 1 heterocycles. The Morgan fingerprint density at radius 1 is 1.00 bits per heavy atom. The van der Waals surface area contributed by atoms with Crippen molar-refractivity contribution in [2.45, 2.75) is 13.8 Å². The lowest BCUT2D eigenvalue weighted by molar-refractivity contribution is -0.134. The minimum Gasteiger partial charge on any atom is -0.473 e. The minimum absolute atomic E-state index is 0.380. The molecule has 11 heavy (non-hydrogen) atoms. The Kier molecular flexibility index (Phi) is 4.73. The third-order valence-electron chi connectivity index (χ3n) is 0.921. The summed E-state index contributed by atoms with van der Waals surface area (Å²) in [5.74, 6) is -0.759. The van der Waals surface area contributed by atoms with Crippen molar-refractivity contribution in [3.63, 3.8) is 0 Å². The number of hydrogen-bond donors (Lipinski definition) is 0. The summed E-state index contributed by atoms with van der Waals surface area (Å²) in [5, 5.41) is 0. The predicted octanol–water partition coefficient (Wildman–Crippen LogP) is 1.44. The van der Waals surface area contributed by atoms with Crippen molar-refractivity contribution in [3.05, 3.63) is 24.7 Å². The Morgan fingerprint density at radius 3 is 1.45 bits per heavy atom. The van der Waals surface area contributed by atoms with Crippen LogP contribution in [0.15, 0.2) is 29.1 Å². The van der Waals surface area contributed by atoms with E-state index in [-0.39, 0.29) is 11.6 Å². The standard InChI is InChI=1S/C4H6O2.C4H4O/c1-3(5)4(2)6;1-2-4-5-3-1/h1-2H3;1-4H. The van der Waals surface area contributed by atoms with E-state index in [1.54, 1.807) is 12.5 Å². The molecule has 1 rings (SSSR count). The molecule has 0 bridgehead atoms. The highest BCUT2D eigenvalue weighted by atomic mass is 16.3. The van der Waals surface area contributed by atoms with Crippen LogP contribution in [0.4, 0.5) is 0 Å². The number of carbonyl (C=O) groups excluding carboxylic acids is 2. The average molecular weight is 154 g/mol. The van der Waals surface area contributed by atoms with E-state index in [4.69, 9.17) is 0 Å². The van der Waals surface area contributed by atoms with E-state index in [2.05, 4.69) is 4.42 Å². The molecule has 3 heteroatoms. The quantitative estimate of drug-likeness (QED) is 0.575. The molecule has 60 valence electrons. The second kappa shape index (κ2) is 5.41. The first-order chi connectivity index (χ1) is 5.14. The molecule has 0 fully saturated rings. The van der Waals surface area contributed by atoms with E-state index in [0.29, 0.717) is 0 Å². The SMILES string of the molecule is CC(=O)C(C)=O.c1ccoc1. The second-order valence-electron chi connectivity index (χ2n) is 1.91. The van der Waals surface area contributed by atoms with Crippen LogP contribution in [0.3, 0.4) is 0 Å². The van der Waals surface area contributed by atoms with Crippen LogP contribution in [0.5, 0.6) is 0 Å². The van der Waals surface area contributed by atoms with Gasteiger partial charge in [-0.05, 0) is 12.1 Å². The fraction of sp³-hybridized carbons (Fsp3) is 0.250. The first-order valence-corrected chi connectivity index (χ1v) is 3.13. The lowest BCUT2D eigenvalue weighted by Crippen LogP contribution is -2.01. The van der Waals surface area contributed by atoms with Gasteiger partial charge in [0.15, 0.2) is 11.6 Å². The molecular formula is C8H10O3. The van der Waals surface area contributed by atoms with Crippen molar-refractivity contribution >= 4 is 11.6 Å². The van der Waals surface area contributed by atoms with Gasteiger partial charge in [-0.15, -0.1) is 0 Å². The van der Waals surface area contributed by atoms with Crippen molar-refractivity contribution in [1.29, 1.82) is 0 Å². The van der Waals surface area contributed by atoms with Crippen LogP contribution < -0.4 is 0 Å². The summed E-state index contributed by atoms with van der Waals surface area (Å²) >= 11 is 0. The van der Waals surface area contributed by atoms with Crippen LogP contribution in [-0.4, -0.2) is 11.6 Å². The lowest BCUT2D eigenvalue weighted by atomic mass is 10.3. The van der Waals surface area contributed by atoms with Gasteiger partial charge in [-0.2, -0.15) is 0 Å². The van der Waals surface area contributed by atoms with E-state index in [1.165, 1.54) is 13.8 Å². The Labute approximate surface area is 65.0 Å². The molecule has 0 atom stereocenters. The predicted molar refractivity (Wildman–Crippen MR) is 40.1 cm³/mol. The molecule has 1 aromatic rings. The molecule has 0 aromatic carbocycles. The van der Waals surface area contributed by atoms with Crippen molar-refractivity contribution in [2.75, 3.05) is 0 Å². The summed E-state index contributed by atoms with van der Waals surface area (Å²) < 4.78 is 4.58. The zero-order valence-electron chi connectivity index (χ0n) is 6.53. The maximum Gasteiger partial charge on any atom is 0.195 e. The van der Waals surface area contributed by atoms with Gasteiger partial charge in [0.05, 0.1) is 12.5 Å². The summed E-state index contributed by atoms with van der Waals surface area (Å²) in [4.78, 5) is 19.6. The van der Waals surface area contributed by atoms with Gasteiger partial charge in [0.25, 0.3) is 0 Å². The van der Waals surface area contributed by atoms with E-state index in [1.807, 2.05) is 12.1 Å². The Balaban J connectivity index is 0.000000183. The molecule has 0 saturated carbocycles. The van der Waals surface area contributed by atoms with Crippen LogP contribution in [0.2, 0.25) is 0 Å². The third kappa shape index (κ3) is 6.51. The molecule has 0 aliphatic rings. The maximum atomic E-state index is 9.79. The van der Waals surface area contributed by atoms with Crippen LogP contribution >= 0.6 is 0 Å². The molecule has 0 amide bonds. The van der Waals surface area contributed by atoms with Crippen LogP contribution in [0.1, 0.15) is 13.8 Å². The van der Waals surface area contributed by atoms with Gasteiger partial charge < -0.3 is 4.42 Å². The molecule has 0 aliphatic heterocycles. The molecule has 0 saturated heterocycles. The Bertz CT molecular complexity index is 182. The van der Waals surface area contributed by atoms with Gasteiger partial charge in [-0.1, -0.05) is 0 Å². The van der Waals surface area contributed by atoms with Crippen LogP contribution in [0, 0.1) is 0 Å². The zero-order chi connectivity index (χ0) is 8.69. The van der Waals surface area contributed by atoms with E-state index in [0.717, 1.165) is 0 Å². The largest absolute Gasteiger partial charge is 0.473 e. The number of furan rings is 1. The highest BCUT2D eigenvalue weighted by molar-refractivity contribution is 6.35. The molecule has 0 aliphatic carbocycles. The summed E-state index contributed by atoms with van der Waals surface area (Å²) in [6.07, 6.45) is 3.25. The van der Waals surface area contributed by atoms with Crippen molar-refractivity contribution < 1.29 is 14.0 Å². The Morgan fingerprint density at radius 2 is 1.36 bits per heavy atom. The van der Waals surface area contributed by atoms with Gasteiger partial charge in [0.1, 0.15) is 0 Å². The fourth-order valence-electron chi connectivity index (χ4n) is 0.227. The van der Waals surface area contributed by atoms with Gasteiger partial charge in [0.2, 0.25) is 0 Å². The van der Waals surface area contributed by atoms with Gasteiger partial charge in [0, 0.05) is 13.8 Å². The average Bonchev–Trinajstić information content (AvgIpc) is 2.41. The van der Waals surface area contributed by atoms with Crippen LogP contribution in [0.25, 0.3) is 0 Å². The third-order valence-corrected chi connectivity index (χ3v) is 0.921. The Hall–Kier alpha value is -1.38. The minimum atomic E-state index is -0.380. The second-order valence-corrected chi connectivity index (χ2v) is 1.91. The molecule has 1 aromatic heterocycles. The fourth-order valence-corrected chi connectivity index (χ4v) is 0.227. The number of ketones is 2. The highest BCUT2D eigenvalue weighted by Gasteiger charge is 1.94. The molecule has 0 spiro atoms. The summed E-state index contributed by atoms with van der Waals surface area (Å²) in [5.41, 5.74) is 0. The molecule has 0 N–H and O–H groups in total. The van der Waals surface area contributed by atoms with E-state index in [9.17, 15) is 9.59 Å². The first kappa shape index (κ1) is 9.62. The van der Waals surface area contributed by atoms with Gasteiger partial charge in [-0.25, -0.2) is 0 Å². The molecule has 0 unspecified atom stereocenters. The van der Waals surface area contributed by atoms with Crippen molar-refractivity contribution in [2.24, 2.45) is 0 Å². The lowest BCUT2D eigenvalue weighted by Gasteiger charge is -1.73. The van der Waals surface area contributed by atoms with Crippen molar-refractivity contribution in [1.82, 2.24) is 0 Å². The smallest absolute Gasteiger partial charge is 0.195 e. The summed E-state index contributed by atoms with van der Waals surface area (Å²) in [7, 11) is 0. The number of rotatable bonds is 1. The van der Waals surface area contributed by atoms with E-state index < -0.39 is 0 Å². The van der Waals surface area contributed by atoms with E-state index >= 15 is 0 Å². The summed E-state index contributed by atoms with van der Waals surface area (Å²) in [6.45, 7) is 2.50. The number of Topliss-reactive ketones (excluding diaryl/α,β-unsaturated/α-hetero) is 2. The van der Waals surface area contributed by atoms with Crippen LogP contribution in [-0.2, 0) is 9.59 Å². The van der Waals surface area contributed by atoms with Gasteiger partial charge in [-0.3, -0.25) is 9.59 Å². The summed E-state index contributed by atoms with van der Waals surface area (Å²) in [6, 6.07) is 3.67. The maximum absolute atomic E-state index is 9.79. The molecule has 3 nitrogen and oxygen atoms in total. The van der Waals surface area contributed by atoms with Crippen molar-refractivity contribution in [3.8, 4) is 0 Å². The number of hydrogen-bond acceptors (Lipinski definition) is 3. The first-order valence-electron chi connectivity index (χ1n) is 3.13. The number of carbonyl (C=O) groups is 2. The normalized spacial score (nSPS) is 7.82. The highest BCUT2D eigenvalue weighted by Crippen LogP contribution is 1.79. The van der Waals surface area contributed by atoms with Gasteiger partial charge >= 0.3 is 0 Å². The molecular weight excluding hydrogens is 144 g/mol. The molecule has 0 radical (unpaired) electrons. The monoisotopic (exact) mass is 154 g/mol. The topological polar surface area (TPSA) is 47.3 Å². The zero-order valence-corrected chi connectivity index (χ0v) is 6.53.